The number of rotatable bonds is 6. The molecule has 2 heterocycles. The Morgan fingerprint density at radius 1 is 1.09 bits per heavy atom. The van der Waals surface area contributed by atoms with Crippen molar-refractivity contribution in [3.63, 3.8) is 0 Å². The predicted molar refractivity (Wildman–Crippen MR) is 132 cm³/mol. The summed E-state index contributed by atoms with van der Waals surface area (Å²) in [6.07, 6.45) is 4.18. The molecule has 0 N–H and O–H groups in total. The smallest absolute Gasteiger partial charge is 0.227 e. The summed E-state index contributed by atoms with van der Waals surface area (Å²) in [5, 5.41) is 0. The second-order valence-corrected chi connectivity index (χ2v) is 8.63. The first-order valence-electron chi connectivity index (χ1n) is 11.9. The van der Waals surface area contributed by atoms with Crippen LogP contribution >= 0.6 is 0 Å². The third kappa shape index (κ3) is 5.78. The first kappa shape index (κ1) is 23.8. The fourth-order valence-electron chi connectivity index (χ4n) is 4.41. The van der Waals surface area contributed by atoms with Gasteiger partial charge in [-0.3, -0.25) is 9.69 Å². The molecule has 7 heteroatoms. The Morgan fingerprint density at radius 3 is 2.71 bits per heavy atom. The molecule has 1 aliphatic heterocycles. The number of imidazole rings is 1. The fraction of sp³-hybridized carbons (Fsp3) is 0.407. The monoisotopic (exact) mass is 462 g/mol. The average Bonchev–Trinajstić information content (AvgIpc) is 3.23. The van der Waals surface area contributed by atoms with Gasteiger partial charge in [0.2, 0.25) is 5.91 Å². The molecule has 0 bridgehead atoms. The third-order valence-corrected chi connectivity index (χ3v) is 6.42. The zero-order valence-electron chi connectivity index (χ0n) is 20.4. The molecule has 1 amide bonds. The van der Waals surface area contributed by atoms with Gasteiger partial charge >= 0.3 is 0 Å². The van der Waals surface area contributed by atoms with Crippen LogP contribution in [0.25, 0.3) is 0 Å². The van der Waals surface area contributed by atoms with E-state index in [0.29, 0.717) is 32.7 Å². The van der Waals surface area contributed by atoms with Crippen molar-refractivity contribution in [1.29, 1.82) is 0 Å². The van der Waals surface area contributed by atoms with Gasteiger partial charge in [0, 0.05) is 56.2 Å². The van der Waals surface area contributed by atoms with Gasteiger partial charge in [-0.15, -0.1) is 0 Å². The Balaban J connectivity index is 1.52. The van der Waals surface area contributed by atoms with Crippen molar-refractivity contribution in [3.8, 4) is 11.5 Å². The highest BCUT2D eigenvalue weighted by atomic mass is 16.5. The lowest BCUT2D eigenvalue weighted by atomic mass is 10.1. The van der Waals surface area contributed by atoms with E-state index in [-0.39, 0.29) is 5.91 Å². The molecule has 3 aromatic rings. The lowest BCUT2D eigenvalue weighted by Crippen LogP contribution is -2.39. The van der Waals surface area contributed by atoms with Crippen molar-refractivity contribution in [3.05, 3.63) is 77.4 Å². The number of nitrogens with zero attached hydrogens (tertiary/aromatic N) is 4. The molecule has 0 saturated carbocycles. The number of aromatic nitrogens is 2. The molecule has 0 aliphatic carbocycles. The molecule has 0 saturated heterocycles. The quantitative estimate of drug-likeness (QED) is 0.561. The molecule has 0 atom stereocenters. The molecule has 0 fully saturated rings. The van der Waals surface area contributed by atoms with E-state index in [2.05, 4.69) is 26.6 Å². The zero-order valence-corrected chi connectivity index (χ0v) is 20.4. The van der Waals surface area contributed by atoms with Gasteiger partial charge in [-0.1, -0.05) is 24.3 Å². The molecule has 0 radical (unpaired) electrons. The maximum Gasteiger partial charge on any atom is 0.227 e. The number of amides is 1. The van der Waals surface area contributed by atoms with Crippen molar-refractivity contribution < 1.29 is 14.3 Å². The molecule has 1 aliphatic rings. The first-order chi connectivity index (χ1) is 16.6. The van der Waals surface area contributed by atoms with Gasteiger partial charge in [-0.2, -0.15) is 0 Å². The predicted octanol–water partition coefficient (Wildman–Crippen LogP) is 3.53. The van der Waals surface area contributed by atoms with E-state index >= 15 is 0 Å². The van der Waals surface area contributed by atoms with Gasteiger partial charge < -0.3 is 18.9 Å². The van der Waals surface area contributed by atoms with E-state index in [0.717, 1.165) is 48.1 Å². The molecule has 0 spiro atoms. The van der Waals surface area contributed by atoms with Crippen LogP contribution in [-0.2, 0) is 24.3 Å². The number of carbonyl (C=O) groups is 1. The number of para-hydroxylation sites is 1. The highest BCUT2D eigenvalue weighted by Crippen LogP contribution is 2.23. The second kappa shape index (κ2) is 11.2. The minimum absolute atomic E-state index is 0.142. The summed E-state index contributed by atoms with van der Waals surface area (Å²) in [6, 6.07) is 14.2. The van der Waals surface area contributed by atoms with Crippen molar-refractivity contribution >= 4 is 5.91 Å². The molecule has 1 aromatic heterocycles. The zero-order chi connectivity index (χ0) is 23.9. The van der Waals surface area contributed by atoms with Crippen LogP contribution in [-0.4, -0.2) is 65.2 Å². The van der Waals surface area contributed by atoms with Crippen molar-refractivity contribution in [1.82, 2.24) is 19.4 Å². The van der Waals surface area contributed by atoms with Crippen LogP contribution in [0, 0.1) is 6.92 Å². The number of benzene rings is 2. The van der Waals surface area contributed by atoms with Crippen LogP contribution in [0.15, 0.2) is 54.9 Å². The van der Waals surface area contributed by atoms with Crippen molar-refractivity contribution in [2.45, 2.75) is 33.4 Å². The van der Waals surface area contributed by atoms with Crippen LogP contribution in [0.2, 0.25) is 0 Å². The minimum Gasteiger partial charge on any atom is -0.496 e. The van der Waals surface area contributed by atoms with Crippen LogP contribution in [0.3, 0.4) is 0 Å². The SMILES string of the molecule is CCN1CCN(Cc2ccc(OC)c(Cn3ccnc3C)c2)CCOc2ccccc2CC1=O. The van der Waals surface area contributed by atoms with Crippen LogP contribution in [0.4, 0.5) is 0 Å². The maximum atomic E-state index is 12.9. The molecular weight excluding hydrogens is 428 g/mol. The fourth-order valence-corrected chi connectivity index (χ4v) is 4.41. The number of ether oxygens (including phenoxy) is 2. The molecule has 4 rings (SSSR count). The van der Waals surface area contributed by atoms with E-state index in [4.69, 9.17) is 9.47 Å². The number of carbonyl (C=O) groups excluding carboxylic acids is 1. The Labute approximate surface area is 201 Å². The number of hydrogen-bond acceptors (Lipinski definition) is 5. The summed E-state index contributed by atoms with van der Waals surface area (Å²) in [6.45, 7) is 9.08. The van der Waals surface area contributed by atoms with Gasteiger partial charge in [-0.25, -0.2) is 4.98 Å². The summed E-state index contributed by atoms with van der Waals surface area (Å²) < 4.78 is 13.8. The molecule has 34 heavy (non-hydrogen) atoms. The molecule has 180 valence electrons. The maximum absolute atomic E-state index is 12.9. The van der Waals surface area contributed by atoms with Gasteiger partial charge in [0.15, 0.2) is 0 Å². The Hall–Kier alpha value is -3.32. The summed E-state index contributed by atoms with van der Waals surface area (Å²) in [4.78, 5) is 21.6. The van der Waals surface area contributed by atoms with Crippen LogP contribution in [0.1, 0.15) is 29.4 Å². The number of methoxy groups -OCH3 is 1. The summed E-state index contributed by atoms with van der Waals surface area (Å²) in [5.74, 6) is 2.79. The molecule has 2 aromatic carbocycles. The standard InChI is InChI=1S/C27H34N4O3/c1-4-30-14-13-29(15-16-34-26-8-6-5-7-23(26)18-27(30)32)19-22-9-10-25(33-3)24(17-22)20-31-12-11-28-21(31)2/h5-12,17H,4,13-16,18-20H2,1-3H3. The molecule has 0 unspecified atom stereocenters. The third-order valence-electron chi connectivity index (χ3n) is 6.42. The lowest BCUT2D eigenvalue weighted by molar-refractivity contribution is -0.130. The van der Waals surface area contributed by atoms with Crippen LogP contribution < -0.4 is 9.47 Å². The number of aryl methyl sites for hydroxylation is 1. The van der Waals surface area contributed by atoms with Gasteiger partial charge in [-0.05, 0) is 37.6 Å². The van der Waals surface area contributed by atoms with Gasteiger partial charge in [0.05, 0.1) is 20.1 Å². The molecule has 7 nitrogen and oxygen atoms in total. The topological polar surface area (TPSA) is 59.8 Å². The number of hydrogen-bond donors (Lipinski definition) is 0. The summed E-state index contributed by atoms with van der Waals surface area (Å²) in [5.41, 5.74) is 3.28. The van der Waals surface area contributed by atoms with Gasteiger partial charge in [0.25, 0.3) is 0 Å². The van der Waals surface area contributed by atoms with Gasteiger partial charge in [0.1, 0.15) is 23.9 Å². The Bertz CT molecular complexity index is 1110. The first-order valence-corrected chi connectivity index (χ1v) is 11.9. The van der Waals surface area contributed by atoms with E-state index in [1.165, 1.54) is 5.56 Å². The Morgan fingerprint density at radius 2 is 1.94 bits per heavy atom. The summed E-state index contributed by atoms with van der Waals surface area (Å²) in [7, 11) is 1.71. The Kier molecular flexibility index (Phi) is 7.85. The molecular formula is C27H34N4O3. The highest BCUT2D eigenvalue weighted by molar-refractivity contribution is 5.79. The van der Waals surface area contributed by atoms with E-state index in [1.807, 2.05) is 61.5 Å². The summed E-state index contributed by atoms with van der Waals surface area (Å²) >= 11 is 0. The van der Waals surface area contributed by atoms with Crippen molar-refractivity contribution in [2.75, 3.05) is 39.9 Å². The number of likely N-dealkylation sites (N-methyl/N-ethyl adjacent to an activating group) is 1. The van der Waals surface area contributed by atoms with E-state index in [9.17, 15) is 4.79 Å². The average molecular weight is 463 g/mol. The normalized spacial score (nSPS) is 15.4. The van der Waals surface area contributed by atoms with Crippen LogP contribution in [0.5, 0.6) is 11.5 Å². The number of fused-ring (bicyclic) bond motifs is 1. The van der Waals surface area contributed by atoms with E-state index in [1.54, 1.807) is 7.11 Å². The largest absolute Gasteiger partial charge is 0.496 e. The minimum atomic E-state index is 0.142. The lowest BCUT2D eigenvalue weighted by Gasteiger charge is -2.27. The van der Waals surface area contributed by atoms with Crippen molar-refractivity contribution in [2.24, 2.45) is 0 Å². The van der Waals surface area contributed by atoms with E-state index < -0.39 is 0 Å². The highest BCUT2D eigenvalue weighted by Gasteiger charge is 2.19. The second-order valence-electron chi connectivity index (χ2n) is 8.63.